The molecule has 130 valence electrons. The topological polar surface area (TPSA) is 95.3 Å². The summed E-state index contributed by atoms with van der Waals surface area (Å²) in [4.78, 5) is 25.0. The quantitative estimate of drug-likeness (QED) is 0.771. The van der Waals surface area contributed by atoms with E-state index in [-0.39, 0.29) is 11.3 Å². The molecule has 9 heteroatoms. The molecule has 2 heterocycles. The van der Waals surface area contributed by atoms with E-state index in [0.29, 0.717) is 0 Å². The highest BCUT2D eigenvalue weighted by Crippen LogP contribution is 2.41. The Kier molecular flexibility index (Phi) is 4.83. The SMILES string of the molecule is Cc1ccc([C@](O)(CCNC(=O)c2ccc(=O)[nH]c2)C(F)(F)F)o1. The Hall–Kier alpha value is -2.55. The minimum atomic E-state index is -4.97. The van der Waals surface area contributed by atoms with Gasteiger partial charge in [0.1, 0.15) is 11.5 Å². The highest BCUT2D eigenvalue weighted by Gasteiger charge is 2.56. The number of carbonyl (C=O) groups excluding carboxylic acids is 1. The Balaban J connectivity index is 2.07. The molecule has 0 saturated carbocycles. The normalized spacial score (nSPS) is 14.2. The molecule has 1 atom stereocenters. The molecule has 0 aliphatic rings. The first-order valence-electron chi connectivity index (χ1n) is 6.96. The van der Waals surface area contributed by atoms with Crippen LogP contribution in [0.15, 0.2) is 39.7 Å². The first-order chi connectivity index (χ1) is 11.1. The summed E-state index contributed by atoms with van der Waals surface area (Å²) in [7, 11) is 0. The molecular formula is C15H15F3N2O4. The van der Waals surface area contributed by atoms with Gasteiger partial charge < -0.3 is 19.8 Å². The molecule has 2 rings (SSSR count). The van der Waals surface area contributed by atoms with Crippen LogP contribution in [0.25, 0.3) is 0 Å². The number of aromatic nitrogens is 1. The second-order valence-corrected chi connectivity index (χ2v) is 5.22. The molecule has 1 amide bonds. The van der Waals surface area contributed by atoms with Gasteiger partial charge in [-0.1, -0.05) is 0 Å². The smallest absolute Gasteiger partial charge is 0.424 e. The van der Waals surface area contributed by atoms with Crippen molar-refractivity contribution >= 4 is 5.91 Å². The first kappa shape index (κ1) is 17.8. The Bertz CT molecular complexity index is 761. The maximum atomic E-state index is 13.2. The molecule has 6 nitrogen and oxygen atoms in total. The van der Waals surface area contributed by atoms with Gasteiger partial charge in [-0.05, 0) is 25.1 Å². The maximum Gasteiger partial charge on any atom is 0.424 e. The van der Waals surface area contributed by atoms with Crippen LogP contribution in [0.5, 0.6) is 0 Å². The third kappa shape index (κ3) is 3.67. The molecular weight excluding hydrogens is 329 g/mol. The fourth-order valence-electron chi connectivity index (χ4n) is 2.07. The summed E-state index contributed by atoms with van der Waals surface area (Å²) in [5, 5.41) is 12.3. The summed E-state index contributed by atoms with van der Waals surface area (Å²) < 4.78 is 44.6. The van der Waals surface area contributed by atoms with Gasteiger partial charge in [-0.15, -0.1) is 0 Å². The van der Waals surface area contributed by atoms with Gasteiger partial charge in [0.2, 0.25) is 11.2 Å². The van der Waals surface area contributed by atoms with Gasteiger partial charge in [0.25, 0.3) is 5.91 Å². The predicted molar refractivity (Wildman–Crippen MR) is 77.4 cm³/mol. The summed E-state index contributed by atoms with van der Waals surface area (Å²) in [6.45, 7) is 1.01. The van der Waals surface area contributed by atoms with E-state index in [1.165, 1.54) is 19.1 Å². The van der Waals surface area contributed by atoms with Crippen LogP contribution in [-0.2, 0) is 5.60 Å². The number of pyridine rings is 1. The number of amides is 1. The van der Waals surface area contributed by atoms with Crippen molar-refractivity contribution in [1.82, 2.24) is 10.3 Å². The van der Waals surface area contributed by atoms with Crippen molar-refractivity contribution in [1.29, 1.82) is 0 Å². The number of H-pyrrole nitrogens is 1. The monoisotopic (exact) mass is 344 g/mol. The van der Waals surface area contributed by atoms with E-state index in [1.807, 2.05) is 0 Å². The van der Waals surface area contributed by atoms with E-state index in [4.69, 9.17) is 4.42 Å². The number of rotatable bonds is 5. The van der Waals surface area contributed by atoms with Crippen LogP contribution >= 0.6 is 0 Å². The zero-order valence-corrected chi connectivity index (χ0v) is 12.6. The lowest BCUT2D eigenvalue weighted by atomic mass is 9.95. The third-order valence-electron chi connectivity index (χ3n) is 3.44. The standard InChI is InChI=1S/C15H15F3N2O4/c1-9-2-4-11(24-9)14(23,15(16,17)18)6-7-19-13(22)10-3-5-12(21)20-8-10/h2-5,8,23H,6-7H2,1H3,(H,19,22)(H,20,21)/t14-/m1/s1. The summed E-state index contributed by atoms with van der Waals surface area (Å²) >= 11 is 0. The van der Waals surface area contributed by atoms with Crippen molar-refractivity contribution in [2.45, 2.75) is 25.1 Å². The summed E-state index contributed by atoms with van der Waals surface area (Å²) in [5.41, 5.74) is -3.54. The van der Waals surface area contributed by atoms with Crippen LogP contribution in [-0.4, -0.2) is 28.7 Å². The fourth-order valence-corrected chi connectivity index (χ4v) is 2.07. The van der Waals surface area contributed by atoms with Crippen LogP contribution < -0.4 is 10.9 Å². The Labute approximate surface area is 134 Å². The van der Waals surface area contributed by atoms with Gasteiger partial charge in [0, 0.05) is 25.2 Å². The van der Waals surface area contributed by atoms with Gasteiger partial charge in [0.15, 0.2) is 0 Å². The van der Waals surface area contributed by atoms with E-state index in [0.717, 1.165) is 18.3 Å². The number of carbonyl (C=O) groups is 1. The van der Waals surface area contributed by atoms with Gasteiger partial charge in [-0.2, -0.15) is 13.2 Å². The second-order valence-electron chi connectivity index (χ2n) is 5.22. The number of alkyl halides is 3. The predicted octanol–water partition coefficient (Wildman–Crippen LogP) is 1.85. The fraction of sp³-hybridized carbons (Fsp3) is 0.333. The van der Waals surface area contributed by atoms with Crippen molar-refractivity contribution in [2.24, 2.45) is 0 Å². The molecule has 0 aromatic carbocycles. The van der Waals surface area contributed by atoms with E-state index in [1.54, 1.807) is 0 Å². The lowest BCUT2D eigenvalue weighted by Gasteiger charge is -2.28. The molecule has 3 N–H and O–H groups in total. The Morgan fingerprint density at radius 3 is 2.50 bits per heavy atom. The molecule has 0 aliphatic carbocycles. The number of hydrogen-bond acceptors (Lipinski definition) is 4. The lowest BCUT2D eigenvalue weighted by molar-refractivity contribution is -0.274. The summed E-state index contributed by atoms with van der Waals surface area (Å²) in [5.74, 6) is -1.08. The van der Waals surface area contributed by atoms with Crippen molar-refractivity contribution in [3.8, 4) is 0 Å². The molecule has 0 spiro atoms. The van der Waals surface area contributed by atoms with E-state index < -0.39 is 42.0 Å². The minimum Gasteiger partial charge on any atom is -0.463 e. The summed E-state index contributed by atoms with van der Waals surface area (Å²) in [6, 6.07) is 4.71. The average Bonchev–Trinajstić information content (AvgIpc) is 2.93. The molecule has 2 aromatic rings. The Morgan fingerprint density at radius 2 is 2.00 bits per heavy atom. The van der Waals surface area contributed by atoms with Crippen molar-refractivity contribution in [2.75, 3.05) is 6.54 Å². The van der Waals surface area contributed by atoms with Crippen LogP contribution in [0.1, 0.15) is 28.3 Å². The van der Waals surface area contributed by atoms with Crippen molar-refractivity contribution < 1.29 is 27.5 Å². The molecule has 24 heavy (non-hydrogen) atoms. The highest BCUT2D eigenvalue weighted by molar-refractivity contribution is 5.93. The lowest BCUT2D eigenvalue weighted by Crippen LogP contribution is -2.44. The number of hydrogen-bond donors (Lipinski definition) is 3. The van der Waals surface area contributed by atoms with Crippen LogP contribution in [0.3, 0.4) is 0 Å². The number of furan rings is 1. The zero-order chi connectivity index (χ0) is 18.0. The zero-order valence-electron chi connectivity index (χ0n) is 12.6. The van der Waals surface area contributed by atoms with Crippen LogP contribution in [0.4, 0.5) is 13.2 Å². The molecule has 0 radical (unpaired) electrons. The summed E-state index contributed by atoms with van der Waals surface area (Å²) in [6.07, 6.45) is -4.65. The van der Waals surface area contributed by atoms with Gasteiger partial charge in [-0.25, -0.2) is 0 Å². The average molecular weight is 344 g/mol. The molecule has 0 fully saturated rings. The number of aromatic amines is 1. The van der Waals surface area contributed by atoms with Gasteiger partial charge >= 0.3 is 6.18 Å². The number of halogens is 3. The second kappa shape index (κ2) is 6.52. The molecule has 2 aromatic heterocycles. The molecule has 0 unspecified atom stereocenters. The van der Waals surface area contributed by atoms with Crippen molar-refractivity contribution in [3.63, 3.8) is 0 Å². The van der Waals surface area contributed by atoms with E-state index >= 15 is 0 Å². The maximum absolute atomic E-state index is 13.2. The molecule has 0 bridgehead atoms. The van der Waals surface area contributed by atoms with E-state index in [2.05, 4.69) is 10.3 Å². The van der Waals surface area contributed by atoms with Crippen molar-refractivity contribution in [3.05, 3.63) is 57.9 Å². The molecule has 0 saturated heterocycles. The van der Waals surface area contributed by atoms with Gasteiger partial charge in [-0.3, -0.25) is 9.59 Å². The van der Waals surface area contributed by atoms with E-state index in [9.17, 15) is 27.9 Å². The number of nitrogens with one attached hydrogen (secondary N) is 2. The highest BCUT2D eigenvalue weighted by atomic mass is 19.4. The largest absolute Gasteiger partial charge is 0.463 e. The number of aliphatic hydroxyl groups is 1. The van der Waals surface area contributed by atoms with Gasteiger partial charge in [0.05, 0.1) is 5.56 Å². The first-order valence-corrected chi connectivity index (χ1v) is 6.96. The minimum absolute atomic E-state index is 0.0824. The van der Waals surface area contributed by atoms with Crippen LogP contribution in [0, 0.1) is 6.92 Å². The molecule has 0 aliphatic heterocycles. The van der Waals surface area contributed by atoms with Crippen LogP contribution in [0.2, 0.25) is 0 Å². The number of aryl methyl sites for hydroxylation is 1. The Morgan fingerprint density at radius 1 is 1.29 bits per heavy atom. The third-order valence-corrected chi connectivity index (χ3v) is 3.44.